The molecule has 3 nitrogen and oxygen atoms in total. The molecule has 4 N–H and O–H groups in total. The molecule has 140 valence electrons. The molecule has 4 heteroatoms. The normalized spacial score (nSPS) is 21.6. The zero-order valence-electron chi connectivity index (χ0n) is 15.6. The van der Waals surface area contributed by atoms with Crippen molar-refractivity contribution in [1.82, 2.24) is 10.6 Å². The van der Waals surface area contributed by atoms with E-state index in [-0.39, 0.29) is 12.1 Å². The standard InChI is InChI=1S/C23H26ClN3/c1-16(25)23(14-18-6-4-3-5-7-18)27-22(12-10-17-8-9-17)20-15-19(24)11-13-21(20)26-2/h3-7,11,13,15,17,21,23,26-27H,1,8-9,14,25H2,2H3/b22-20-. The van der Waals surface area contributed by atoms with Crippen molar-refractivity contribution >= 4 is 11.6 Å². The van der Waals surface area contributed by atoms with Crippen molar-refractivity contribution in [2.24, 2.45) is 11.7 Å². The maximum atomic E-state index is 6.28. The van der Waals surface area contributed by atoms with E-state index in [4.69, 9.17) is 17.3 Å². The Morgan fingerprint density at radius 2 is 2.07 bits per heavy atom. The summed E-state index contributed by atoms with van der Waals surface area (Å²) in [6.07, 6.45) is 9.02. The molecule has 0 heterocycles. The van der Waals surface area contributed by atoms with Crippen LogP contribution in [0.5, 0.6) is 0 Å². The third kappa shape index (κ3) is 5.53. The van der Waals surface area contributed by atoms with Crippen LogP contribution in [0.4, 0.5) is 0 Å². The van der Waals surface area contributed by atoms with E-state index in [0.717, 1.165) is 17.7 Å². The maximum Gasteiger partial charge on any atom is 0.0911 e. The summed E-state index contributed by atoms with van der Waals surface area (Å²) in [4.78, 5) is 0. The number of nitrogens with two attached hydrogens (primary N) is 1. The van der Waals surface area contributed by atoms with Crippen molar-refractivity contribution in [2.75, 3.05) is 7.05 Å². The lowest BCUT2D eigenvalue weighted by atomic mass is 9.98. The lowest BCUT2D eigenvalue weighted by Gasteiger charge is -2.25. The van der Waals surface area contributed by atoms with Crippen molar-refractivity contribution in [2.45, 2.75) is 31.3 Å². The number of rotatable bonds is 6. The minimum Gasteiger partial charge on any atom is -0.401 e. The highest BCUT2D eigenvalue weighted by Crippen LogP contribution is 2.28. The molecule has 2 aliphatic carbocycles. The third-order valence-electron chi connectivity index (χ3n) is 4.70. The molecule has 0 bridgehead atoms. The van der Waals surface area contributed by atoms with Crippen LogP contribution < -0.4 is 16.4 Å². The SMILES string of the molecule is C=C(N)C(Cc1ccccc1)N/C(C#CC1CC1)=C1/C=C(Cl)C=CC1NC. The highest BCUT2D eigenvalue weighted by molar-refractivity contribution is 6.31. The fraction of sp³-hybridized carbons (Fsp3) is 0.304. The van der Waals surface area contributed by atoms with Crippen LogP contribution in [0.15, 0.2) is 77.1 Å². The van der Waals surface area contributed by atoms with E-state index in [2.05, 4.69) is 41.2 Å². The maximum absolute atomic E-state index is 6.28. The van der Waals surface area contributed by atoms with Gasteiger partial charge in [0, 0.05) is 22.2 Å². The first-order valence-corrected chi connectivity index (χ1v) is 9.67. The summed E-state index contributed by atoms with van der Waals surface area (Å²) < 4.78 is 0. The second-order valence-corrected chi connectivity index (χ2v) is 7.43. The monoisotopic (exact) mass is 379 g/mol. The van der Waals surface area contributed by atoms with E-state index >= 15 is 0 Å². The Morgan fingerprint density at radius 3 is 2.70 bits per heavy atom. The minimum absolute atomic E-state index is 0.0481. The predicted octanol–water partition coefficient (Wildman–Crippen LogP) is 3.61. The van der Waals surface area contributed by atoms with Crippen LogP contribution in [-0.4, -0.2) is 19.1 Å². The number of halogens is 1. The van der Waals surface area contributed by atoms with E-state index < -0.39 is 0 Å². The Bertz CT molecular complexity index is 835. The van der Waals surface area contributed by atoms with E-state index in [9.17, 15) is 0 Å². The fourth-order valence-corrected chi connectivity index (χ4v) is 3.14. The highest BCUT2D eigenvalue weighted by atomic mass is 35.5. The molecule has 0 saturated heterocycles. The first-order valence-electron chi connectivity index (χ1n) is 9.30. The van der Waals surface area contributed by atoms with Gasteiger partial charge < -0.3 is 16.4 Å². The predicted molar refractivity (Wildman–Crippen MR) is 114 cm³/mol. The average Bonchev–Trinajstić information content (AvgIpc) is 3.49. The van der Waals surface area contributed by atoms with Gasteiger partial charge in [0.05, 0.1) is 17.8 Å². The Labute approximate surface area is 167 Å². The van der Waals surface area contributed by atoms with E-state index in [1.165, 1.54) is 18.4 Å². The summed E-state index contributed by atoms with van der Waals surface area (Å²) in [5.41, 5.74) is 9.80. The third-order valence-corrected chi connectivity index (χ3v) is 4.94. The van der Waals surface area contributed by atoms with E-state index in [1.54, 1.807) is 0 Å². The molecule has 27 heavy (non-hydrogen) atoms. The molecule has 1 aromatic carbocycles. The smallest absolute Gasteiger partial charge is 0.0911 e. The molecule has 2 atom stereocenters. The Hall–Kier alpha value is -2.41. The van der Waals surface area contributed by atoms with Gasteiger partial charge in [0.2, 0.25) is 0 Å². The summed E-state index contributed by atoms with van der Waals surface area (Å²) in [7, 11) is 1.93. The fourth-order valence-electron chi connectivity index (χ4n) is 2.95. The first kappa shape index (κ1) is 19.4. The molecule has 0 spiro atoms. The van der Waals surface area contributed by atoms with Crippen LogP contribution in [0.25, 0.3) is 0 Å². The van der Waals surface area contributed by atoms with Crippen LogP contribution in [0.2, 0.25) is 0 Å². The van der Waals surface area contributed by atoms with E-state index in [0.29, 0.717) is 16.6 Å². The van der Waals surface area contributed by atoms with Crippen molar-refractivity contribution in [3.63, 3.8) is 0 Å². The minimum atomic E-state index is -0.112. The molecule has 1 saturated carbocycles. The lowest BCUT2D eigenvalue weighted by Crippen LogP contribution is -2.37. The zero-order chi connectivity index (χ0) is 19.2. The summed E-state index contributed by atoms with van der Waals surface area (Å²) in [5.74, 6) is 7.21. The van der Waals surface area contributed by atoms with Crippen LogP contribution >= 0.6 is 11.6 Å². The summed E-state index contributed by atoms with van der Waals surface area (Å²) in [6, 6.07) is 10.2. The molecular formula is C23H26ClN3. The average molecular weight is 380 g/mol. The van der Waals surface area contributed by atoms with Gasteiger partial charge in [-0.3, -0.25) is 0 Å². The largest absolute Gasteiger partial charge is 0.401 e. The van der Waals surface area contributed by atoms with Gasteiger partial charge in [-0.2, -0.15) is 0 Å². The molecule has 1 fully saturated rings. The molecule has 1 aromatic rings. The van der Waals surface area contributed by atoms with Gasteiger partial charge in [0.25, 0.3) is 0 Å². The topological polar surface area (TPSA) is 50.1 Å². The van der Waals surface area contributed by atoms with Crippen LogP contribution in [0.1, 0.15) is 18.4 Å². The van der Waals surface area contributed by atoms with E-state index in [1.807, 2.05) is 43.5 Å². The molecule has 3 rings (SSSR count). The van der Waals surface area contributed by atoms with Crippen molar-refractivity contribution < 1.29 is 0 Å². The van der Waals surface area contributed by atoms with Gasteiger partial charge >= 0.3 is 0 Å². The molecule has 0 aliphatic heterocycles. The number of nitrogens with one attached hydrogen (secondary N) is 2. The number of hydrogen-bond acceptors (Lipinski definition) is 3. The van der Waals surface area contributed by atoms with Crippen LogP contribution in [0.3, 0.4) is 0 Å². The zero-order valence-corrected chi connectivity index (χ0v) is 16.4. The van der Waals surface area contributed by atoms with Crippen molar-refractivity contribution in [3.8, 4) is 11.8 Å². The summed E-state index contributed by atoms with van der Waals surface area (Å²) in [6.45, 7) is 3.98. The highest BCUT2D eigenvalue weighted by Gasteiger charge is 2.21. The second kappa shape index (κ2) is 8.99. The second-order valence-electron chi connectivity index (χ2n) is 6.99. The van der Waals surface area contributed by atoms with Gasteiger partial charge in [0.1, 0.15) is 0 Å². The van der Waals surface area contributed by atoms with Crippen molar-refractivity contribution in [1.29, 1.82) is 0 Å². The first-order chi connectivity index (χ1) is 13.1. The van der Waals surface area contributed by atoms with Gasteiger partial charge in [-0.1, -0.05) is 60.5 Å². The quantitative estimate of drug-likeness (QED) is 0.662. The van der Waals surface area contributed by atoms with Crippen LogP contribution in [-0.2, 0) is 6.42 Å². The van der Waals surface area contributed by atoms with Crippen molar-refractivity contribution in [3.05, 3.63) is 82.7 Å². The molecule has 0 amide bonds. The Kier molecular flexibility index (Phi) is 6.45. The Balaban J connectivity index is 1.92. The van der Waals surface area contributed by atoms with Gasteiger partial charge in [-0.25, -0.2) is 0 Å². The lowest BCUT2D eigenvalue weighted by molar-refractivity contribution is 0.630. The number of allylic oxidation sites excluding steroid dienone is 3. The van der Waals surface area contributed by atoms with Gasteiger partial charge in [-0.05, 0) is 49.9 Å². The molecule has 0 aromatic heterocycles. The van der Waals surface area contributed by atoms with Gasteiger partial charge in [-0.15, -0.1) is 0 Å². The van der Waals surface area contributed by atoms with Gasteiger partial charge in [0.15, 0.2) is 0 Å². The van der Waals surface area contributed by atoms with Crippen LogP contribution in [0, 0.1) is 17.8 Å². The molecule has 2 unspecified atom stereocenters. The molecule has 2 aliphatic rings. The molecule has 0 radical (unpaired) electrons. The number of hydrogen-bond donors (Lipinski definition) is 3. The molecular weight excluding hydrogens is 354 g/mol. The summed E-state index contributed by atoms with van der Waals surface area (Å²) >= 11 is 6.28. The Morgan fingerprint density at radius 1 is 1.33 bits per heavy atom. The number of likely N-dealkylation sites (N-methyl/N-ethyl adjacent to an activating group) is 1. The summed E-state index contributed by atoms with van der Waals surface area (Å²) in [5, 5.41) is 7.54. The number of benzene rings is 1.